The van der Waals surface area contributed by atoms with Crippen LogP contribution in [-0.4, -0.2) is 37.2 Å². The third kappa shape index (κ3) is 5.33. The molecule has 2 aromatic carbocycles. The molecule has 0 unspecified atom stereocenters. The molecule has 5 heteroatoms. The van der Waals surface area contributed by atoms with Gasteiger partial charge >= 0.3 is 12.1 Å². The van der Waals surface area contributed by atoms with Gasteiger partial charge in [-0.05, 0) is 35.4 Å². The van der Waals surface area contributed by atoms with Crippen LogP contribution in [0.4, 0.5) is 4.79 Å². The fraction of sp³-hybridized carbons (Fsp3) is 0.364. The number of benzene rings is 2. The quantitative estimate of drug-likeness (QED) is 0.752. The normalized spacial score (nSPS) is 14.6. The van der Waals surface area contributed by atoms with Crippen LogP contribution in [0, 0.1) is 0 Å². The van der Waals surface area contributed by atoms with Crippen LogP contribution in [0.15, 0.2) is 54.6 Å². The first-order valence-electron chi connectivity index (χ1n) is 9.27. The number of nitrogens with zero attached hydrogens (tertiary/aromatic N) is 1. The molecule has 1 saturated heterocycles. The molecule has 1 aliphatic heterocycles. The fourth-order valence-electron chi connectivity index (χ4n) is 3.35. The number of likely N-dealkylation sites (tertiary alicyclic amines) is 1. The molecule has 142 valence electrons. The fourth-order valence-corrected chi connectivity index (χ4v) is 3.35. The molecular formula is C22H25NO4. The van der Waals surface area contributed by atoms with E-state index in [0.29, 0.717) is 32.0 Å². The van der Waals surface area contributed by atoms with E-state index in [0.717, 1.165) is 24.0 Å². The van der Waals surface area contributed by atoms with Crippen LogP contribution in [0.5, 0.6) is 0 Å². The topological polar surface area (TPSA) is 55.8 Å². The van der Waals surface area contributed by atoms with Crippen LogP contribution in [0.1, 0.15) is 35.4 Å². The van der Waals surface area contributed by atoms with Gasteiger partial charge in [-0.2, -0.15) is 0 Å². The Morgan fingerprint density at radius 3 is 2.26 bits per heavy atom. The Morgan fingerprint density at radius 1 is 0.963 bits per heavy atom. The highest BCUT2D eigenvalue weighted by molar-refractivity contribution is 5.72. The smallest absolute Gasteiger partial charge is 0.410 e. The number of hydrogen-bond acceptors (Lipinski definition) is 4. The second-order valence-corrected chi connectivity index (χ2v) is 6.80. The minimum absolute atomic E-state index is 0.231. The zero-order chi connectivity index (χ0) is 19.1. The molecule has 0 N–H and O–H groups in total. The summed E-state index contributed by atoms with van der Waals surface area (Å²) in [5, 5.41) is 0. The van der Waals surface area contributed by atoms with Crippen LogP contribution in [0.3, 0.4) is 0 Å². The molecule has 3 rings (SSSR count). The second-order valence-electron chi connectivity index (χ2n) is 6.80. The predicted octanol–water partition coefficient (Wildman–Crippen LogP) is 3.92. The summed E-state index contributed by atoms with van der Waals surface area (Å²) in [6.07, 6.45) is 1.88. The lowest BCUT2D eigenvalue weighted by Crippen LogP contribution is -2.38. The molecule has 0 aliphatic carbocycles. The molecule has 0 atom stereocenters. The highest BCUT2D eigenvalue weighted by Crippen LogP contribution is 2.28. The number of ether oxygens (including phenoxy) is 2. The molecular weight excluding hydrogens is 342 g/mol. The van der Waals surface area contributed by atoms with Crippen LogP contribution in [0.25, 0.3) is 0 Å². The number of methoxy groups -OCH3 is 1. The summed E-state index contributed by atoms with van der Waals surface area (Å²) in [6.45, 7) is 1.70. The minimum Gasteiger partial charge on any atom is -0.469 e. The largest absolute Gasteiger partial charge is 0.469 e. The van der Waals surface area contributed by atoms with Gasteiger partial charge in [-0.15, -0.1) is 0 Å². The summed E-state index contributed by atoms with van der Waals surface area (Å²) in [7, 11) is 1.40. The van der Waals surface area contributed by atoms with E-state index in [4.69, 9.17) is 9.47 Å². The number of esters is 1. The molecule has 0 aromatic heterocycles. The Kier molecular flexibility index (Phi) is 6.47. The van der Waals surface area contributed by atoms with Crippen LogP contribution >= 0.6 is 0 Å². The number of hydrogen-bond donors (Lipinski definition) is 0. The monoisotopic (exact) mass is 367 g/mol. The van der Waals surface area contributed by atoms with Crippen molar-refractivity contribution in [3.05, 3.63) is 71.3 Å². The molecule has 5 nitrogen and oxygen atoms in total. The van der Waals surface area contributed by atoms with Gasteiger partial charge in [-0.3, -0.25) is 4.79 Å². The summed E-state index contributed by atoms with van der Waals surface area (Å²) in [4.78, 5) is 25.4. The number of amides is 1. The SMILES string of the molecule is COC(=O)Cc1ccc(C2CCN(C(=O)OCc3ccccc3)CC2)cc1. The molecule has 1 heterocycles. The van der Waals surface area contributed by atoms with Crippen LogP contribution in [0.2, 0.25) is 0 Å². The summed E-state index contributed by atoms with van der Waals surface area (Å²) in [6, 6.07) is 17.8. The molecule has 1 fully saturated rings. The van der Waals surface area contributed by atoms with Gasteiger partial charge in [-0.1, -0.05) is 54.6 Å². The van der Waals surface area contributed by atoms with E-state index in [2.05, 4.69) is 12.1 Å². The summed E-state index contributed by atoms with van der Waals surface area (Å²) in [5.74, 6) is 0.195. The minimum atomic E-state index is -0.245. The van der Waals surface area contributed by atoms with Crippen molar-refractivity contribution < 1.29 is 19.1 Å². The Hall–Kier alpha value is -2.82. The Labute approximate surface area is 159 Å². The number of carbonyl (C=O) groups excluding carboxylic acids is 2. The van der Waals surface area contributed by atoms with E-state index < -0.39 is 0 Å². The Balaban J connectivity index is 1.46. The first kappa shape index (κ1) is 19.0. The first-order chi connectivity index (χ1) is 13.2. The van der Waals surface area contributed by atoms with Gasteiger partial charge in [0.2, 0.25) is 0 Å². The standard InChI is InChI=1S/C22H25NO4/c1-26-21(24)15-17-7-9-19(10-8-17)20-11-13-23(14-12-20)22(25)27-16-18-5-3-2-4-6-18/h2-10,20H,11-16H2,1H3. The van der Waals surface area contributed by atoms with Crippen molar-refractivity contribution in [2.24, 2.45) is 0 Å². The van der Waals surface area contributed by atoms with Crippen LogP contribution < -0.4 is 0 Å². The second kappa shape index (κ2) is 9.21. The Morgan fingerprint density at radius 2 is 1.63 bits per heavy atom. The van der Waals surface area contributed by atoms with Gasteiger partial charge in [0.1, 0.15) is 6.61 Å². The van der Waals surface area contributed by atoms with E-state index in [1.165, 1.54) is 12.7 Å². The molecule has 1 amide bonds. The van der Waals surface area contributed by atoms with Gasteiger partial charge in [0.15, 0.2) is 0 Å². The maximum atomic E-state index is 12.3. The van der Waals surface area contributed by atoms with E-state index in [-0.39, 0.29) is 12.1 Å². The van der Waals surface area contributed by atoms with Gasteiger partial charge < -0.3 is 14.4 Å². The number of carbonyl (C=O) groups is 2. The Bertz CT molecular complexity index is 750. The van der Waals surface area contributed by atoms with Crippen molar-refractivity contribution >= 4 is 12.1 Å². The highest BCUT2D eigenvalue weighted by atomic mass is 16.6. The van der Waals surface area contributed by atoms with E-state index in [9.17, 15) is 9.59 Å². The van der Waals surface area contributed by atoms with E-state index >= 15 is 0 Å². The van der Waals surface area contributed by atoms with Crippen molar-refractivity contribution in [1.82, 2.24) is 4.90 Å². The van der Waals surface area contributed by atoms with Crippen molar-refractivity contribution in [3.8, 4) is 0 Å². The summed E-state index contributed by atoms with van der Waals surface area (Å²) in [5.41, 5.74) is 3.20. The van der Waals surface area contributed by atoms with Gasteiger partial charge in [-0.25, -0.2) is 4.79 Å². The van der Waals surface area contributed by atoms with Gasteiger partial charge in [0.05, 0.1) is 13.5 Å². The zero-order valence-electron chi connectivity index (χ0n) is 15.6. The highest BCUT2D eigenvalue weighted by Gasteiger charge is 2.24. The van der Waals surface area contributed by atoms with E-state index in [1.54, 1.807) is 4.90 Å². The summed E-state index contributed by atoms with van der Waals surface area (Å²) < 4.78 is 10.1. The average Bonchev–Trinajstić information content (AvgIpc) is 2.73. The molecule has 0 radical (unpaired) electrons. The number of piperidine rings is 1. The van der Waals surface area contributed by atoms with Crippen LogP contribution in [-0.2, 0) is 27.3 Å². The molecule has 2 aromatic rings. The lowest BCUT2D eigenvalue weighted by Gasteiger charge is -2.31. The lowest BCUT2D eigenvalue weighted by atomic mass is 9.89. The molecule has 0 bridgehead atoms. The van der Waals surface area contributed by atoms with Crippen molar-refractivity contribution in [3.63, 3.8) is 0 Å². The first-order valence-corrected chi connectivity index (χ1v) is 9.27. The zero-order valence-corrected chi connectivity index (χ0v) is 15.6. The molecule has 0 spiro atoms. The van der Waals surface area contributed by atoms with Crippen molar-refractivity contribution in [2.75, 3.05) is 20.2 Å². The van der Waals surface area contributed by atoms with Gasteiger partial charge in [0, 0.05) is 13.1 Å². The van der Waals surface area contributed by atoms with Crippen molar-refractivity contribution in [2.45, 2.75) is 31.8 Å². The third-order valence-electron chi connectivity index (χ3n) is 4.99. The van der Waals surface area contributed by atoms with Crippen molar-refractivity contribution in [1.29, 1.82) is 0 Å². The summed E-state index contributed by atoms with van der Waals surface area (Å²) >= 11 is 0. The predicted molar refractivity (Wildman–Crippen MR) is 102 cm³/mol. The third-order valence-corrected chi connectivity index (χ3v) is 4.99. The molecule has 27 heavy (non-hydrogen) atoms. The maximum absolute atomic E-state index is 12.3. The lowest BCUT2D eigenvalue weighted by molar-refractivity contribution is -0.139. The molecule has 0 saturated carbocycles. The number of rotatable bonds is 5. The maximum Gasteiger partial charge on any atom is 0.410 e. The molecule has 1 aliphatic rings. The van der Waals surface area contributed by atoms with Gasteiger partial charge in [0.25, 0.3) is 0 Å². The average molecular weight is 367 g/mol. The van der Waals surface area contributed by atoms with E-state index in [1.807, 2.05) is 42.5 Å².